The summed E-state index contributed by atoms with van der Waals surface area (Å²) in [5, 5.41) is 5.05. The van der Waals surface area contributed by atoms with Crippen LogP contribution in [0.25, 0.3) is 11.3 Å². The molecule has 0 spiro atoms. The molecule has 1 N–H and O–H groups in total. The van der Waals surface area contributed by atoms with Gasteiger partial charge in [0, 0.05) is 10.9 Å². The second-order valence-electron chi connectivity index (χ2n) is 8.29. The van der Waals surface area contributed by atoms with E-state index < -0.39 is 0 Å². The summed E-state index contributed by atoms with van der Waals surface area (Å²) in [6, 6.07) is 22.7. The first kappa shape index (κ1) is 21.2. The van der Waals surface area contributed by atoms with Crippen molar-refractivity contribution in [3.63, 3.8) is 0 Å². The van der Waals surface area contributed by atoms with Crippen molar-refractivity contribution in [3.05, 3.63) is 93.6 Å². The van der Waals surface area contributed by atoms with Gasteiger partial charge in [-0.15, -0.1) is 11.3 Å². The number of carbonyl (C=O) groups excluding carboxylic acids is 1. The minimum absolute atomic E-state index is 0.0504. The van der Waals surface area contributed by atoms with Crippen molar-refractivity contribution in [1.29, 1.82) is 0 Å². The van der Waals surface area contributed by atoms with Crippen molar-refractivity contribution in [2.75, 3.05) is 11.9 Å². The zero-order valence-electron chi connectivity index (χ0n) is 18.8. The molecule has 1 aliphatic heterocycles. The van der Waals surface area contributed by atoms with E-state index in [-0.39, 0.29) is 18.6 Å². The molecule has 166 valence electrons. The Labute approximate surface area is 197 Å². The molecule has 6 heteroatoms. The van der Waals surface area contributed by atoms with Gasteiger partial charge in [-0.05, 0) is 67.8 Å². The third kappa shape index (κ3) is 4.22. The fourth-order valence-corrected chi connectivity index (χ4v) is 5.01. The van der Waals surface area contributed by atoms with Crippen molar-refractivity contribution in [2.24, 2.45) is 4.99 Å². The largest absolute Gasteiger partial charge is 0.482 e. The smallest absolute Gasteiger partial charge is 0.262 e. The topological polar surface area (TPSA) is 55.6 Å². The van der Waals surface area contributed by atoms with Crippen LogP contribution in [0.1, 0.15) is 29.7 Å². The molecule has 1 aromatic heterocycles. The van der Waals surface area contributed by atoms with E-state index in [1.165, 1.54) is 16.7 Å². The van der Waals surface area contributed by atoms with Crippen LogP contribution in [0.4, 0.5) is 11.4 Å². The van der Waals surface area contributed by atoms with Gasteiger partial charge in [0.05, 0.1) is 23.1 Å². The molecule has 1 atom stereocenters. The number of carbonyl (C=O) groups is 1. The van der Waals surface area contributed by atoms with Crippen molar-refractivity contribution >= 4 is 28.6 Å². The SMILES string of the molecule is Cc1ccc(N=c2scc(-c3ccc4c(c3)NC(=O)CO4)n2C(C)c2ccccc2)cc1C. The number of nitrogens with zero attached hydrogens (tertiary/aromatic N) is 2. The van der Waals surface area contributed by atoms with Crippen LogP contribution < -0.4 is 14.9 Å². The number of hydrogen-bond acceptors (Lipinski definition) is 4. The summed E-state index contributed by atoms with van der Waals surface area (Å²) >= 11 is 1.61. The monoisotopic (exact) mass is 455 g/mol. The van der Waals surface area contributed by atoms with Crippen LogP contribution in [0.3, 0.4) is 0 Å². The highest BCUT2D eigenvalue weighted by atomic mass is 32.1. The Hall–Kier alpha value is -3.64. The number of thiazole rings is 1. The number of amides is 1. The lowest BCUT2D eigenvalue weighted by Crippen LogP contribution is -2.25. The van der Waals surface area contributed by atoms with Gasteiger partial charge >= 0.3 is 0 Å². The summed E-state index contributed by atoms with van der Waals surface area (Å²) in [5.74, 6) is 0.553. The molecule has 0 saturated carbocycles. The molecule has 33 heavy (non-hydrogen) atoms. The number of benzene rings is 3. The van der Waals surface area contributed by atoms with Crippen molar-refractivity contribution < 1.29 is 9.53 Å². The lowest BCUT2D eigenvalue weighted by molar-refractivity contribution is -0.118. The first-order chi connectivity index (χ1) is 16.0. The van der Waals surface area contributed by atoms with E-state index in [1.807, 2.05) is 24.3 Å². The van der Waals surface area contributed by atoms with E-state index in [0.29, 0.717) is 11.4 Å². The Morgan fingerprint density at radius 2 is 1.85 bits per heavy atom. The van der Waals surface area contributed by atoms with Crippen molar-refractivity contribution in [2.45, 2.75) is 26.8 Å². The van der Waals surface area contributed by atoms with E-state index in [9.17, 15) is 4.79 Å². The first-order valence-corrected chi connectivity index (χ1v) is 11.8. The highest BCUT2D eigenvalue weighted by Crippen LogP contribution is 2.34. The zero-order valence-corrected chi connectivity index (χ0v) is 19.6. The van der Waals surface area contributed by atoms with Gasteiger partial charge in [-0.2, -0.15) is 0 Å². The summed E-state index contributed by atoms with van der Waals surface area (Å²) in [5.41, 5.74) is 7.36. The lowest BCUT2D eigenvalue weighted by Gasteiger charge is -2.21. The number of hydrogen-bond donors (Lipinski definition) is 1. The molecule has 0 fully saturated rings. The number of anilines is 1. The Bertz CT molecular complexity index is 1400. The summed E-state index contributed by atoms with van der Waals surface area (Å²) in [6.45, 7) is 6.46. The Kier molecular flexibility index (Phi) is 5.60. The summed E-state index contributed by atoms with van der Waals surface area (Å²) in [7, 11) is 0. The molecular formula is C27H25N3O2S. The minimum Gasteiger partial charge on any atom is -0.482 e. The Morgan fingerprint density at radius 3 is 2.64 bits per heavy atom. The van der Waals surface area contributed by atoms with Crippen molar-refractivity contribution in [3.8, 4) is 17.0 Å². The molecule has 4 aromatic rings. The Morgan fingerprint density at radius 1 is 1.03 bits per heavy atom. The number of nitrogens with one attached hydrogen (secondary N) is 1. The van der Waals surface area contributed by atoms with Gasteiger partial charge in [0.1, 0.15) is 5.75 Å². The molecule has 5 rings (SSSR count). The first-order valence-electron chi connectivity index (χ1n) is 10.9. The van der Waals surface area contributed by atoms with Gasteiger partial charge in [0.25, 0.3) is 5.91 Å². The number of fused-ring (bicyclic) bond motifs is 1. The maximum Gasteiger partial charge on any atom is 0.262 e. The van der Waals surface area contributed by atoms with Crippen LogP contribution in [0, 0.1) is 13.8 Å². The molecular weight excluding hydrogens is 430 g/mol. The van der Waals surface area contributed by atoms with E-state index in [0.717, 1.165) is 21.7 Å². The molecule has 0 aliphatic carbocycles. The molecule has 1 aliphatic rings. The fraction of sp³-hybridized carbons (Fsp3) is 0.185. The molecule has 0 radical (unpaired) electrons. The number of aryl methyl sites for hydroxylation is 2. The van der Waals surface area contributed by atoms with Gasteiger partial charge in [-0.3, -0.25) is 4.79 Å². The maximum absolute atomic E-state index is 11.8. The number of ether oxygens (including phenoxy) is 1. The summed E-state index contributed by atoms with van der Waals surface area (Å²) in [6.07, 6.45) is 0. The predicted octanol–water partition coefficient (Wildman–Crippen LogP) is 6.01. The van der Waals surface area contributed by atoms with E-state index >= 15 is 0 Å². The van der Waals surface area contributed by atoms with Gasteiger partial charge < -0.3 is 14.6 Å². The normalized spacial score (nSPS) is 14.4. The molecule has 1 unspecified atom stereocenters. The summed E-state index contributed by atoms with van der Waals surface area (Å²) in [4.78, 5) is 17.8. The quantitative estimate of drug-likeness (QED) is 0.410. The Balaban J connectivity index is 1.67. The lowest BCUT2D eigenvalue weighted by atomic mass is 10.1. The highest BCUT2D eigenvalue weighted by Gasteiger charge is 2.20. The third-order valence-electron chi connectivity index (χ3n) is 6.03. The third-order valence-corrected chi connectivity index (χ3v) is 6.87. The zero-order chi connectivity index (χ0) is 22.9. The van der Waals surface area contributed by atoms with Crippen LogP contribution >= 0.6 is 11.3 Å². The summed E-state index contributed by atoms with van der Waals surface area (Å²) < 4.78 is 7.81. The molecule has 5 nitrogen and oxygen atoms in total. The van der Waals surface area contributed by atoms with E-state index in [4.69, 9.17) is 9.73 Å². The molecule has 2 heterocycles. The van der Waals surface area contributed by atoms with Gasteiger partial charge in [0.2, 0.25) is 0 Å². The molecule has 3 aromatic carbocycles. The van der Waals surface area contributed by atoms with Crippen LogP contribution in [0.2, 0.25) is 0 Å². The van der Waals surface area contributed by atoms with E-state index in [1.54, 1.807) is 11.3 Å². The average Bonchev–Trinajstić information content (AvgIpc) is 3.24. The van der Waals surface area contributed by atoms with Gasteiger partial charge in [-0.1, -0.05) is 36.4 Å². The minimum atomic E-state index is -0.138. The van der Waals surface area contributed by atoms with Gasteiger partial charge in [0.15, 0.2) is 11.4 Å². The van der Waals surface area contributed by atoms with Crippen LogP contribution in [-0.4, -0.2) is 17.1 Å². The maximum atomic E-state index is 11.8. The predicted molar refractivity (Wildman–Crippen MR) is 133 cm³/mol. The number of rotatable bonds is 4. The number of aromatic nitrogens is 1. The molecule has 0 bridgehead atoms. The second kappa shape index (κ2) is 8.71. The van der Waals surface area contributed by atoms with Crippen molar-refractivity contribution in [1.82, 2.24) is 4.57 Å². The highest BCUT2D eigenvalue weighted by molar-refractivity contribution is 7.07. The molecule has 0 saturated heterocycles. The van der Waals surface area contributed by atoms with Gasteiger partial charge in [-0.25, -0.2) is 4.99 Å². The molecule has 1 amide bonds. The average molecular weight is 456 g/mol. The standard InChI is InChI=1S/C27H25N3O2S/c1-17-9-11-22(13-18(17)2)28-27-30(19(3)20-7-5-4-6-8-20)24(16-33-27)21-10-12-25-23(14-21)29-26(31)15-32-25/h4-14,16,19H,15H2,1-3H3,(H,29,31). The van der Waals surface area contributed by atoms with Crippen LogP contribution in [0.15, 0.2) is 77.1 Å². The van der Waals surface area contributed by atoms with Crippen LogP contribution in [0.5, 0.6) is 5.75 Å². The van der Waals surface area contributed by atoms with Crippen LogP contribution in [-0.2, 0) is 4.79 Å². The second-order valence-corrected chi connectivity index (χ2v) is 9.12. The fourth-order valence-electron chi connectivity index (χ4n) is 4.02. The van der Waals surface area contributed by atoms with E-state index in [2.05, 4.69) is 78.5 Å².